The van der Waals surface area contributed by atoms with Gasteiger partial charge >= 0.3 is 5.69 Å². The van der Waals surface area contributed by atoms with Crippen molar-refractivity contribution in [3.63, 3.8) is 0 Å². The van der Waals surface area contributed by atoms with Crippen LogP contribution in [-0.2, 0) is 0 Å². The topological polar surface area (TPSA) is 168 Å². The molecule has 0 saturated heterocycles. The van der Waals surface area contributed by atoms with Crippen LogP contribution in [0.2, 0.25) is 0 Å². The van der Waals surface area contributed by atoms with Crippen molar-refractivity contribution in [1.82, 2.24) is 9.97 Å². The predicted molar refractivity (Wildman–Crippen MR) is 80.1 cm³/mol. The van der Waals surface area contributed by atoms with Crippen molar-refractivity contribution in [2.75, 3.05) is 0 Å². The van der Waals surface area contributed by atoms with Crippen molar-refractivity contribution in [3.8, 4) is 11.8 Å². The molecule has 0 aliphatic carbocycles. The van der Waals surface area contributed by atoms with Gasteiger partial charge in [-0.15, -0.1) is 0 Å². The van der Waals surface area contributed by atoms with Crippen molar-refractivity contribution in [2.24, 2.45) is 5.73 Å². The Morgan fingerprint density at radius 3 is 2.75 bits per heavy atom. The minimum Gasteiger partial charge on any atom is -0.433 e. The molecule has 24 heavy (non-hydrogen) atoms. The van der Waals surface area contributed by atoms with Gasteiger partial charge in [0.15, 0.2) is 0 Å². The van der Waals surface area contributed by atoms with Crippen LogP contribution in [-0.4, -0.2) is 14.9 Å². The number of ether oxygens (including phenoxy) is 1. The highest BCUT2D eigenvalue weighted by atomic mass is 16.6. The summed E-state index contributed by atoms with van der Waals surface area (Å²) in [6.07, 6.45) is 0. The highest BCUT2D eigenvalue weighted by Crippen LogP contribution is 2.39. The lowest BCUT2D eigenvalue weighted by Crippen LogP contribution is -2.32. The number of nitrogens with one attached hydrogen (secondary N) is 2. The molecule has 10 nitrogen and oxygen atoms in total. The van der Waals surface area contributed by atoms with E-state index in [0.717, 1.165) is 0 Å². The van der Waals surface area contributed by atoms with Crippen LogP contribution in [0.15, 0.2) is 45.3 Å². The molecule has 10 heteroatoms. The molecule has 4 N–H and O–H groups in total. The number of fused-ring (bicyclic) bond motifs is 1. The maximum Gasteiger partial charge on any atom is 0.326 e. The molecule has 0 amide bonds. The lowest BCUT2D eigenvalue weighted by Gasteiger charge is -2.24. The molecule has 0 spiro atoms. The van der Waals surface area contributed by atoms with Gasteiger partial charge in [-0.25, -0.2) is 4.79 Å². The van der Waals surface area contributed by atoms with Gasteiger partial charge in [-0.1, -0.05) is 12.1 Å². The molecule has 120 valence electrons. The van der Waals surface area contributed by atoms with Crippen molar-refractivity contribution < 1.29 is 9.66 Å². The molecule has 0 bridgehead atoms. The minimum atomic E-state index is -0.964. The Bertz CT molecular complexity index is 1040. The number of nitro groups is 1. The molecule has 1 atom stereocenters. The van der Waals surface area contributed by atoms with Crippen molar-refractivity contribution in [2.45, 2.75) is 5.92 Å². The number of rotatable bonds is 2. The van der Waals surface area contributed by atoms with Gasteiger partial charge in [0.2, 0.25) is 11.6 Å². The van der Waals surface area contributed by atoms with Crippen LogP contribution in [0.3, 0.4) is 0 Å². The maximum absolute atomic E-state index is 11.9. The van der Waals surface area contributed by atoms with Crippen LogP contribution in [0.5, 0.6) is 5.75 Å². The summed E-state index contributed by atoms with van der Waals surface area (Å²) in [4.78, 5) is 38.3. The summed E-state index contributed by atoms with van der Waals surface area (Å²) in [6.45, 7) is 0. The largest absolute Gasteiger partial charge is 0.433 e. The predicted octanol–water partition coefficient (Wildman–Crippen LogP) is 0.190. The van der Waals surface area contributed by atoms with E-state index in [1.807, 2.05) is 11.1 Å². The summed E-state index contributed by atoms with van der Waals surface area (Å²) >= 11 is 0. The molecular formula is C14H9N5O5. The second-order valence-corrected chi connectivity index (χ2v) is 4.93. The summed E-state index contributed by atoms with van der Waals surface area (Å²) in [5.74, 6) is -1.53. The number of nitrogens with zero attached hydrogens (tertiary/aromatic N) is 2. The van der Waals surface area contributed by atoms with Crippen LogP contribution in [0.1, 0.15) is 17.2 Å². The molecule has 2 heterocycles. The van der Waals surface area contributed by atoms with Crippen LogP contribution in [0.25, 0.3) is 0 Å². The monoisotopic (exact) mass is 327 g/mol. The first-order valence-electron chi connectivity index (χ1n) is 6.60. The van der Waals surface area contributed by atoms with Gasteiger partial charge in [0.25, 0.3) is 11.2 Å². The molecule has 0 radical (unpaired) electrons. The van der Waals surface area contributed by atoms with Crippen LogP contribution in [0.4, 0.5) is 5.69 Å². The second kappa shape index (κ2) is 5.40. The fraction of sp³-hybridized carbons (Fsp3) is 0.0714. The van der Waals surface area contributed by atoms with Gasteiger partial charge in [0.1, 0.15) is 11.6 Å². The number of nitrogens with two attached hydrogens (primary N) is 1. The number of benzene rings is 1. The summed E-state index contributed by atoms with van der Waals surface area (Å²) in [7, 11) is 0. The average Bonchev–Trinajstić information content (AvgIpc) is 2.54. The fourth-order valence-corrected chi connectivity index (χ4v) is 2.52. The van der Waals surface area contributed by atoms with E-state index in [9.17, 15) is 25.0 Å². The van der Waals surface area contributed by atoms with E-state index in [4.69, 9.17) is 10.5 Å². The van der Waals surface area contributed by atoms with Crippen LogP contribution >= 0.6 is 0 Å². The zero-order valence-electron chi connectivity index (χ0n) is 11.9. The number of allylic oxidation sites excluding steroid dienone is 1. The quantitative estimate of drug-likeness (QED) is 0.522. The third-order valence-corrected chi connectivity index (χ3v) is 3.52. The van der Waals surface area contributed by atoms with Crippen LogP contribution < -0.4 is 21.7 Å². The summed E-state index contributed by atoms with van der Waals surface area (Å²) < 4.78 is 5.14. The summed E-state index contributed by atoms with van der Waals surface area (Å²) in [5, 5.41) is 20.3. The number of aromatic nitrogens is 2. The van der Waals surface area contributed by atoms with E-state index >= 15 is 0 Å². The van der Waals surface area contributed by atoms with E-state index in [2.05, 4.69) is 4.98 Å². The van der Waals surface area contributed by atoms with E-state index < -0.39 is 22.1 Å². The Balaban J connectivity index is 2.32. The normalized spacial score (nSPS) is 16.0. The Labute approximate surface area is 133 Å². The zero-order valence-corrected chi connectivity index (χ0v) is 11.9. The lowest BCUT2D eigenvalue weighted by atomic mass is 9.87. The molecular weight excluding hydrogens is 318 g/mol. The molecule has 1 aromatic carbocycles. The lowest BCUT2D eigenvalue weighted by molar-refractivity contribution is -0.384. The van der Waals surface area contributed by atoms with Crippen molar-refractivity contribution >= 4 is 5.69 Å². The number of H-pyrrole nitrogens is 2. The summed E-state index contributed by atoms with van der Waals surface area (Å²) in [6, 6.07) is 7.33. The third kappa shape index (κ3) is 2.30. The standard InChI is InChI=1S/C14H9N5O5/c15-5-8-9(6-2-1-3-7(4-6)19(22)23)10-11(24-12(8)16)13(20)18-14(21)17-10/h1-4,9H,16H2,(H2,17,18,20,21)/t9-/m0/s1. The van der Waals surface area contributed by atoms with Crippen molar-refractivity contribution in [3.05, 3.63) is 77.9 Å². The number of aromatic amines is 2. The molecule has 0 saturated carbocycles. The molecule has 1 aliphatic rings. The molecule has 3 rings (SSSR count). The van der Waals surface area contributed by atoms with E-state index in [1.54, 1.807) is 0 Å². The van der Waals surface area contributed by atoms with E-state index in [1.165, 1.54) is 24.3 Å². The second-order valence-electron chi connectivity index (χ2n) is 4.93. The third-order valence-electron chi connectivity index (χ3n) is 3.52. The van der Waals surface area contributed by atoms with Gasteiger partial charge < -0.3 is 15.5 Å². The highest BCUT2D eigenvalue weighted by molar-refractivity contribution is 5.53. The van der Waals surface area contributed by atoms with Gasteiger partial charge in [0.05, 0.1) is 16.5 Å². The molecule has 0 unspecified atom stereocenters. The maximum atomic E-state index is 11.9. The van der Waals surface area contributed by atoms with Crippen LogP contribution in [0, 0.1) is 21.4 Å². The Hall–Kier alpha value is -3.87. The molecule has 1 aromatic heterocycles. The SMILES string of the molecule is N#CC1=C(N)Oc2c([nH]c(=O)[nH]c2=O)[C@H]1c1cccc([N+](=O)[O-])c1. The zero-order chi connectivity index (χ0) is 17.4. The number of hydrogen-bond acceptors (Lipinski definition) is 7. The fourth-order valence-electron chi connectivity index (χ4n) is 2.52. The minimum absolute atomic E-state index is 0.00926. The first-order chi connectivity index (χ1) is 11.4. The Kier molecular flexibility index (Phi) is 3.38. The number of nitriles is 1. The van der Waals surface area contributed by atoms with E-state index in [-0.39, 0.29) is 28.6 Å². The summed E-state index contributed by atoms with van der Waals surface area (Å²) in [5.41, 5.74) is 4.13. The molecule has 2 aromatic rings. The number of hydrogen-bond donors (Lipinski definition) is 3. The van der Waals surface area contributed by atoms with Gasteiger partial charge in [-0.2, -0.15) is 5.26 Å². The highest BCUT2D eigenvalue weighted by Gasteiger charge is 2.34. The number of nitro benzene ring substituents is 1. The van der Waals surface area contributed by atoms with E-state index in [0.29, 0.717) is 5.56 Å². The first-order valence-corrected chi connectivity index (χ1v) is 6.60. The Morgan fingerprint density at radius 1 is 1.33 bits per heavy atom. The van der Waals surface area contributed by atoms with Gasteiger partial charge in [-0.05, 0) is 5.56 Å². The van der Waals surface area contributed by atoms with Gasteiger partial charge in [-0.3, -0.25) is 19.9 Å². The molecule has 0 fully saturated rings. The van der Waals surface area contributed by atoms with Gasteiger partial charge in [0, 0.05) is 12.1 Å². The van der Waals surface area contributed by atoms with Crippen molar-refractivity contribution in [1.29, 1.82) is 5.26 Å². The Morgan fingerprint density at radius 2 is 2.08 bits per heavy atom. The smallest absolute Gasteiger partial charge is 0.326 e. The average molecular weight is 327 g/mol. The first kappa shape index (κ1) is 15.0. The molecule has 1 aliphatic heterocycles. The number of non-ortho nitro benzene ring substituents is 1.